The van der Waals surface area contributed by atoms with E-state index in [1.807, 2.05) is 6.08 Å². The van der Waals surface area contributed by atoms with Crippen molar-refractivity contribution in [3.63, 3.8) is 0 Å². The molecular formula is C67H112O6. The fraction of sp³-hybridized carbons (Fsp3) is 0.687. The number of unbranched alkanes of at least 4 members (excludes halogenated alkanes) is 26. The number of rotatable bonds is 54. The first kappa shape index (κ1) is 69.1. The molecule has 0 amide bonds. The van der Waals surface area contributed by atoms with Crippen LogP contribution in [0.4, 0.5) is 0 Å². The number of ether oxygens (including phenoxy) is 3. The highest BCUT2D eigenvalue weighted by atomic mass is 16.6. The van der Waals surface area contributed by atoms with E-state index in [0.29, 0.717) is 12.8 Å². The van der Waals surface area contributed by atoms with Crippen LogP contribution in [0.25, 0.3) is 0 Å². The summed E-state index contributed by atoms with van der Waals surface area (Å²) in [5, 5.41) is 0. The van der Waals surface area contributed by atoms with Crippen LogP contribution in [-0.2, 0) is 28.6 Å². The predicted octanol–water partition coefficient (Wildman–Crippen LogP) is 20.7. The van der Waals surface area contributed by atoms with Crippen molar-refractivity contribution >= 4 is 17.9 Å². The van der Waals surface area contributed by atoms with Crippen molar-refractivity contribution in [2.45, 2.75) is 284 Å². The summed E-state index contributed by atoms with van der Waals surface area (Å²) in [4.78, 5) is 38.1. The lowest BCUT2D eigenvalue weighted by Crippen LogP contribution is -2.30. The quantitative estimate of drug-likeness (QED) is 0.0261. The van der Waals surface area contributed by atoms with E-state index >= 15 is 0 Å². The average molecular weight is 1010 g/mol. The molecule has 0 fully saturated rings. The van der Waals surface area contributed by atoms with Gasteiger partial charge >= 0.3 is 17.9 Å². The average Bonchev–Trinajstić information content (AvgIpc) is 3.39. The van der Waals surface area contributed by atoms with Gasteiger partial charge in [-0.3, -0.25) is 14.4 Å². The molecule has 0 aromatic heterocycles. The maximum Gasteiger partial charge on any atom is 0.310 e. The van der Waals surface area contributed by atoms with Crippen LogP contribution >= 0.6 is 0 Å². The Morgan fingerprint density at radius 1 is 0.301 bits per heavy atom. The Bertz CT molecular complexity index is 1490. The third-order valence-electron chi connectivity index (χ3n) is 12.8. The smallest absolute Gasteiger partial charge is 0.310 e. The Labute approximate surface area is 450 Å². The van der Waals surface area contributed by atoms with Crippen molar-refractivity contribution < 1.29 is 28.6 Å². The molecule has 0 saturated heterocycles. The van der Waals surface area contributed by atoms with Gasteiger partial charge in [0.1, 0.15) is 13.2 Å². The molecule has 1 atom stereocenters. The van der Waals surface area contributed by atoms with Crippen molar-refractivity contribution in [2.24, 2.45) is 0 Å². The Kier molecular flexibility index (Phi) is 57.4. The highest BCUT2D eigenvalue weighted by molar-refractivity contribution is 5.72. The van der Waals surface area contributed by atoms with E-state index in [1.54, 1.807) is 6.08 Å². The molecule has 0 heterocycles. The van der Waals surface area contributed by atoms with E-state index in [4.69, 9.17) is 14.2 Å². The van der Waals surface area contributed by atoms with Crippen LogP contribution in [0.15, 0.2) is 109 Å². The first-order valence-corrected chi connectivity index (χ1v) is 30.4. The van der Waals surface area contributed by atoms with Crippen LogP contribution in [0.3, 0.4) is 0 Å². The van der Waals surface area contributed by atoms with Gasteiger partial charge in [-0.1, -0.05) is 259 Å². The molecule has 0 aromatic carbocycles. The zero-order valence-corrected chi connectivity index (χ0v) is 47.6. The molecule has 6 heteroatoms. The zero-order valence-electron chi connectivity index (χ0n) is 47.6. The molecule has 0 saturated carbocycles. The van der Waals surface area contributed by atoms with E-state index < -0.39 is 12.1 Å². The summed E-state index contributed by atoms with van der Waals surface area (Å²) in [6.07, 6.45) is 82.6. The molecule has 0 spiro atoms. The van der Waals surface area contributed by atoms with Crippen molar-refractivity contribution in [3.8, 4) is 0 Å². The minimum atomic E-state index is -0.840. The van der Waals surface area contributed by atoms with Gasteiger partial charge < -0.3 is 14.2 Å². The van der Waals surface area contributed by atoms with E-state index in [-0.39, 0.29) is 31.6 Å². The van der Waals surface area contributed by atoms with E-state index in [1.165, 1.54) is 141 Å². The Morgan fingerprint density at radius 2 is 0.575 bits per heavy atom. The number of allylic oxidation sites excluding steroid dienone is 17. The molecule has 0 aliphatic heterocycles. The molecule has 73 heavy (non-hydrogen) atoms. The van der Waals surface area contributed by atoms with Crippen LogP contribution in [0.1, 0.15) is 278 Å². The first-order chi connectivity index (χ1) is 36.0. The lowest BCUT2D eigenvalue weighted by atomic mass is 10.1. The molecule has 0 radical (unpaired) electrons. The summed E-state index contributed by atoms with van der Waals surface area (Å²) in [6, 6.07) is 0. The molecule has 6 nitrogen and oxygen atoms in total. The van der Waals surface area contributed by atoms with Crippen molar-refractivity contribution in [2.75, 3.05) is 13.2 Å². The van der Waals surface area contributed by atoms with Gasteiger partial charge in [0.05, 0.1) is 6.42 Å². The summed E-state index contributed by atoms with van der Waals surface area (Å²) in [5.41, 5.74) is 0. The maximum absolute atomic E-state index is 12.8. The standard InChI is InChI=1S/C67H112O6/c1-4-7-10-13-16-19-22-25-28-29-30-31-32-33-34-35-36-37-40-42-45-48-51-54-57-60-66(69)72-63-64(73-67(70)61-58-55-52-49-46-43-39-27-24-21-18-15-12-9-6-3)62-71-65(68)59-56-53-50-47-44-41-38-26-23-20-17-14-11-8-5-2/h9,12,18,21-22,25-27,29-30,32-33,38-39,46,49,55,58,64H,4-8,10-11,13-17,19-20,23-24,28,31,34-37,40-45,47-48,50-54,56-57,59-63H2,1-3H3/b12-9-,21-18-,25-22-,30-29-,33-32-,38-26-,39-27-,49-46-,58-55-. The molecule has 416 valence electrons. The van der Waals surface area contributed by atoms with Crippen molar-refractivity contribution in [1.29, 1.82) is 0 Å². The van der Waals surface area contributed by atoms with Gasteiger partial charge in [-0.2, -0.15) is 0 Å². The van der Waals surface area contributed by atoms with Gasteiger partial charge in [-0.15, -0.1) is 0 Å². The molecule has 0 bridgehead atoms. The van der Waals surface area contributed by atoms with E-state index in [2.05, 4.69) is 118 Å². The van der Waals surface area contributed by atoms with Crippen LogP contribution in [0, 0.1) is 0 Å². The van der Waals surface area contributed by atoms with Crippen molar-refractivity contribution in [3.05, 3.63) is 109 Å². The van der Waals surface area contributed by atoms with Gasteiger partial charge in [0.15, 0.2) is 6.10 Å². The van der Waals surface area contributed by atoms with Gasteiger partial charge in [-0.05, 0) is 109 Å². The monoisotopic (exact) mass is 1010 g/mol. The molecule has 0 aliphatic carbocycles. The largest absolute Gasteiger partial charge is 0.462 e. The molecule has 0 rings (SSSR count). The number of carbonyl (C=O) groups is 3. The number of esters is 3. The minimum Gasteiger partial charge on any atom is -0.462 e. The summed E-state index contributed by atoms with van der Waals surface area (Å²) in [7, 11) is 0. The second kappa shape index (κ2) is 60.6. The molecule has 0 aromatic rings. The van der Waals surface area contributed by atoms with Gasteiger partial charge in [-0.25, -0.2) is 0 Å². The van der Waals surface area contributed by atoms with Crippen LogP contribution in [-0.4, -0.2) is 37.2 Å². The normalized spacial score (nSPS) is 12.9. The third kappa shape index (κ3) is 58.8. The minimum absolute atomic E-state index is 0.0920. The SMILES string of the molecule is CC/C=C\C/C=C\C/C=C\C/C=C\C/C=C\CC(=O)OC(COC(=O)CCCCCCC/C=C\CCCCCCCC)COC(=O)CCCCCCCCCCCC/C=C\C/C=C\C/C=C\CCCCCCC. The lowest BCUT2D eigenvalue weighted by molar-refractivity contribution is -0.166. The van der Waals surface area contributed by atoms with Crippen molar-refractivity contribution in [1.82, 2.24) is 0 Å². The summed E-state index contributed by atoms with van der Waals surface area (Å²) in [5.74, 6) is -1.06. The highest BCUT2D eigenvalue weighted by Gasteiger charge is 2.19. The number of hydrogen-bond acceptors (Lipinski definition) is 6. The topological polar surface area (TPSA) is 78.9 Å². The highest BCUT2D eigenvalue weighted by Crippen LogP contribution is 2.15. The zero-order chi connectivity index (χ0) is 52.9. The number of hydrogen-bond donors (Lipinski definition) is 0. The Balaban J connectivity index is 4.42. The second-order valence-corrected chi connectivity index (χ2v) is 19.9. The van der Waals surface area contributed by atoms with Gasteiger partial charge in [0.25, 0.3) is 0 Å². The molecular weight excluding hydrogens is 901 g/mol. The first-order valence-electron chi connectivity index (χ1n) is 30.4. The van der Waals surface area contributed by atoms with Gasteiger partial charge in [0.2, 0.25) is 0 Å². The fourth-order valence-corrected chi connectivity index (χ4v) is 8.23. The Morgan fingerprint density at radius 3 is 0.918 bits per heavy atom. The van der Waals surface area contributed by atoms with E-state index in [0.717, 1.165) is 96.3 Å². The maximum atomic E-state index is 12.8. The summed E-state index contributed by atoms with van der Waals surface area (Å²) >= 11 is 0. The molecule has 0 aliphatic rings. The summed E-state index contributed by atoms with van der Waals surface area (Å²) < 4.78 is 16.8. The third-order valence-corrected chi connectivity index (χ3v) is 12.8. The summed E-state index contributed by atoms with van der Waals surface area (Å²) in [6.45, 7) is 6.42. The number of carbonyl (C=O) groups excluding carboxylic acids is 3. The second-order valence-electron chi connectivity index (χ2n) is 19.9. The molecule has 1 unspecified atom stereocenters. The van der Waals surface area contributed by atoms with Gasteiger partial charge in [0, 0.05) is 12.8 Å². The van der Waals surface area contributed by atoms with Crippen LogP contribution in [0.2, 0.25) is 0 Å². The predicted molar refractivity (Wildman–Crippen MR) is 316 cm³/mol. The lowest BCUT2D eigenvalue weighted by Gasteiger charge is -2.18. The Hall–Kier alpha value is -3.93. The van der Waals surface area contributed by atoms with Crippen LogP contribution in [0.5, 0.6) is 0 Å². The molecule has 0 N–H and O–H groups in total. The fourth-order valence-electron chi connectivity index (χ4n) is 8.23. The van der Waals surface area contributed by atoms with E-state index in [9.17, 15) is 14.4 Å². The van der Waals surface area contributed by atoms with Crippen LogP contribution < -0.4 is 0 Å².